The Morgan fingerprint density at radius 2 is 2.25 bits per heavy atom. The Balaban J connectivity index is 3.12. The van der Waals surface area contributed by atoms with Crippen molar-refractivity contribution in [3.05, 3.63) is 23.5 Å². The highest BCUT2D eigenvalue weighted by Crippen LogP contribution is 2.24. The average Bonchev–Trinajstić information content (AvgIpc) is 2.04. The molecule has 0 bridgehead atoms. The van der Waals surface area contributed by atoms with Gasteiger partial charge in [-0.05, 0) is 6.07 Å². The minimum atomic E-state index is -2.52. The quantitative estimate of drug-likeness (QED) is 0.802. The van der Waals surface area contributed by atoms with Crippen LogP contribution in [0.4, 0.5) is 14.5 Å². The van der Waals surface area contributed by atoms with Crippen LogP contribution >= 0.6 is 15.9 Å². The first-order valence-corrected chi connectivity index (χ1v) is 4.35. The Labute approximate surface area is 76.9 Å². The number of nitrogens with zero attached hydrogens (tertiary/aromatic N) is 1. The van der Waals surface area contributed by atoms with E-state index in [4.69, 9.17) is 5.73 Å². The number of nitrogens with two attached hydrogens (primary N) is 1. The summed E-state index contributed by atoms with van der Waals surface area (Å²) in [6.45, 7) is 0. The standard InChI is InChI=1S/C7H7BrF2N2/c8-2-6-5(7(9)10)1-4(11)3-12-6/h1,3,7H,2,11H2. The van der Waals surface area contributed by atoms with Gasteiger partial charge in [-0.15, -0.1) is 0 Å². The van der Waals surface area contributed by atoms with Crippen molar-refractivity contribution in [2.45, 2.75) is 11.8 Å². The summed E-state index contributed by atoms with van der Waals surface area (Å²) >= 11 is 3.06. The van der Waals surface area contributed by atoms with Gasteiger partial charge in [0, 0.05) is 10.9 Å². The molecule has 0 aliphatic carbocycles. The maximum absolute atomic E-state index is 12.3. The summed E-state index contributed by atoms with van der Waals surface area (Å²) in [6.07, 6.45) is -1.16. The molecule has 2 N–H and O–H groups in total. The van der Waals surface area contributed by atoms with E-state index in [1.165, 1.54) is 12.3 Å². The number of anilines is 1. The summed E-state index contributed by atoms with van der Waals surface area (Å²) in [6, 6.07) is 1.24. The van der Waals surface area contributed by atoms with Crippen molar-refractivity contribution in [2.75, 3.05) is 5.73 Å². The Morgan fingerprint density at radius 1 is 1.58 bits per heavy atom. The molecule has 1 aromatic rings. The third-order valence-electron chi connectivity index (χ3n) is 1.39. The first kappa shape index (κ1) is 9.38. The largest absolute Gasteiger partial charge is 0.397 e. The molecule has 1 heterocycles. The Bertz CT molecular complexity index is 278. The molecule has 0 aliphatic heterocycles. The summed E-state index contributed by atoms with van der Waals surface area (Å²) in [5.74, 6) is 0. The monoisotopic (exact) mass is 236 g/mol. The minimum absolute atomic E-state index is 0.105. The molecule has 0 saturated heterocycles. The molecule has 5 heteroatoms. The van der Waals surface area contributed by atoms with Crippen LogP contribution in [0, 0.1) is 0 Å². The molecular formula is C7H7BrF2N2. The lowest BCUT2D eigenvalue weighted by Gasteiger charge is -2.05. The fourth-order valence-corrected chi connectivity index (χ4v) is 1.30. The second-order valence-electron chi connectivity index (χ2n) is 2.24. The lowest BCUT2D eigenvalue weighted by Crippen LogP contribution is -1.98. The second kappa shape index (κ2) is 3.80. The number of hydrogen-bond acceptors (Lipinski definition) is 2. The zero-order valence-electron chi connectivity index (χ0n) is 6.10. The van der Waals surface area contributed by atoms with Crippen LogP contribution in [0.5, 0.6) is 0 Å². The van der Waals surface area contributed by atoms with Gasteiger partial charge in [0.15, 0.2) is 0 Å². The third-order valence-corrected chi connectivity index (χ3v) is 1.92. The summed E-state index contributed by atoms with van der Waals surface area (Å²) in [5, 5.41) is 0.312. The number of halogens is 3. The molecule has 66 valence electrons. The van der Waals surface area contributed by atoms with Gasteiger partial charge in [0.2, 0.25) is 0 Å². The highest BCUT2D eigenvalue weighted by atomic mass is 79.9. The summed E-state index contributed by atoms with van der Waals surface area (Å²) < 4.78 is 24.6. The van der Waals surface area contributed by atoms with E-state index in [-0.39, 0.29) is 11.3 Å². The summed E-state index contributed by atoms with van der Waals surface area (Å²) in [4.78, 5) is 3.77. The van der Waals surface area contributed by atoms with Crippen LogP contribution in [-0.2, 0) is 5.33 Å². The maximum atomic E-state index is 12.3. The zero-order chi connectivity index (χ0) is 9.14. The molecule has 0 aromatic carbocycles. The van der Waals surface area contributed by atoms with E-state index in [0.29, 0.717) is 11.0 Å². The smallest absolute Gasteiger partial charge is 0.265 e. The fourth-order valence-electron chi connectivity index (χ4n) is 0.828. The van der Waals surface area contributed by atoms with Crippen LogP contribution in [0.1, 0.15) is 17.7 Å². The zero-order valence-corrected chi connectivity index (χ0v) is 7.68. The molecule has 0 atom stereocenters. The van der Waals surface area contributed by atoms with Crippen molar-refractivity contribution in [3.8, 4) is 0 Å². The Kier molecular flexibility index (Phi) is 2.97. The van der Waals surface area contributed by atoms with Gasteiger partial charge in [0.05, 0.1) is 17.6 Å². The van der Waals surface area contributed by atoms with Crippen molar-refractivity contribution in [1.82, 2.24) is 4.98 Å². The topological polar surface area (TPSA) is 38.9 Å². The molecule has 1 aromatic heterocycles. The summed E-state index contributed by atoms with van der Waals surface area (Å²) in [5.41, 5.74) is 5.80. The average molecular weight is 237 g/mol. The number of aromatic nitrogens is 1. The van der Waals surface area contributed by atoms with Gasteiger partial charge < -0.3 is 5.73 Å². The number of hydrogen-bond donors (Lipinski definition) is 1. The van der Waals surface area contributed by atoms with E-state index >= 15 is 0 Å². The molecule has 0 spiro atoms. The van der Waals surface area contributed by atoms with E-state index in [1.807, 2.05) is 0 Å². The molecule has 1 rings (SSSR count). The Morgan fingerprint density at radius 3 is 2.75 bits per heavy atom. The second-order valence-corrected chi connectivity index (χ2v) is 2.80. The van der Waals surface area contributed by atoms with Crippen LogP contribution in [-0.4, -0.2) is 4.98 Å². The van der Waals surface area contributed by atoms with E-state index in [9.17, 15) is 8.78 Å². The van der Waals surface area contributed by atoms with E-state index in [1.54, 1.807) is 0 Å². The van der Waals surface area contributed by atoms with Crippen LogP contribution in [0.3, 0.4) is 0 Å². The number of rotatable bonds is 2. The first-order valence-electron chi connectivity index (χ1n) is 3.23. The van der Waals surface area contributed by atoms with Crippen molar-refractivity contribution in [2.24, 2.45) is 0 Å². The SMILES string of the molecule is Nc1cnc(CBr)c(C(F)F)c1. The molecular weight excluding hydrogens is 230 g/mol. The first-order chi connectivity index (χ1) is 5.65. The van der Waals surface area contributed by atoms with Crippen molar-refractivity contribution < 1.29 is 8.78 Å². The fraction of sp³-hybridized carbons (Fsp3) is 0.286. The Hall–Kier alpha value is -0.710. The molecule has 0 amide bonds. The van der Waals surface area contributed by atoms with Gasteiger partial charge in [-0.25, -0.2) is 8.78 Å². The van der Waals surface area contributed by atoms with E-state index in [2.05, 4.69) is 20.9 Å². The van der Waals surface area contributed by atoms with Crippen LogP contribution in [0.2, 0.25) is 0 Å². The number of alkyl halides is 3. The number of nitrogen functional groups attached to an aromatic ring is 1. The van der Waals surface area contributed by atoms with Crippen LogP contribution in [0.15, 0.2) is 12.3 Å². The van der Waals surface area contributed by atoms with Gasteiger partial charge in [-0.2, -0.15) is 0 Å². The lowest BCUT2D eigenvalue weighted by molar-refractivity contribution is 0.150. The van der Waals surface area contributed by atoms with E-state index < -0.39 is 6.43 Å². The molecule has 0 aliphatic rings. The highest BCUT2D eigenvalue weighted by Gasteiger charge is 2.13. The van der Waals surface area contributed by atoms with Gasteiger partial charge in [-0.1, -0.05) is 15.9 Å². The molecule has 12 heavy (non-hydrogen) atoms. The highest BCUT2D eigenvalue weighted by molar-refractivity contribution is 9.08. The van der Waals surface area contributed by atoms with Crippen molar-refractivity contribution in [1.29, 1.82) is 0 Å². The van der Waals surface area contributed by atoms with Crippen LogP contribution < -0.4 is 5.73 Å². The van der Waals surface area contributed by atoms with Crippen LogP contribution in [0.25, 0.3) is 0 Å². The minimum Gasteiger partial charge on any atom is -0.397 e. The third kappa shape index (κ3) is 1.91. The molecule has 2 nitrogen and oxygen atoms in total. The van der Waals surface area contributed by atoms with Gasteiger partial charge in [0.1, 0.15) is 0 Å². The summed E-state index contributed by atoms with van der Waals surface area (Å²) in [7, 11) is 0. The van der Waals surface area contributed by atoms with E-state index in [0.717, 1.165) is 0 Å². The molecule has 0 unspecified atom stereocenters. The van der Waals surface area contributed by atoms with Crippen molar-refractivity contribution in [3.63, 3.8) is 0 Å². The predicted octanol–water partition coefficient (Wildman–Crippen LogP) is 2.50. The maximum Gasteiger partial charge on any atom is 0.265 e. The molecule has 0 radical (unpaired) electrons. The normalized spacial score (nSPS) is 10.7. The van der Waals surface area contributed by atoms with Gasteiger partial charge in [0.25, 0.3) is 6.43 Å². The van der Waals surface area contributed by atoms with Gasteiger partial charge in [-0.3, -0.25) is 4.98 Å². The predicted molar refractivity (Wildman–Crippen MR) is 46.2 cm³/mol. The molecule has 0 fully saturated rings. The number of pyridine rings is 1. The molecule has 0 saturated carbocycles. The van der Waals surface area contributed by atoms with Crippen molar-refractivity contribution >= 4 is 21.6 Å². The van der Waals surface area contributed by atoms with Gasteiger partial charge >= 0.3 is 0 Å². The lowest BCUT2D eigenvalue weighted by atomic mass is 10.2.